The van der Waals surface area contributed by atoms with Crippen LogP contribution in [0.15, 0.2) is 76.5 Å². The number of anilines is 2. The number of carboxylic acid groups (broad SMARTS) is 1. The highest BCUT2D eigenvalue weighted by molar-refractivity contribution is 7.98. The zero-order valence-corrected chi connectivity index (χ0v) is 32.2. The molecule has 11 nitrogen and oxygen atoms in total. The summed E-state index contributed by atoms with van der Waals surface area (Å²) in [7, 11) is -3.82. The quantitative estimate of drug-likeness (QED) is 0.107. The van der Waals surface area contributed by atoms with Crippen molar-refractivity contribution in [1.29, 1.82) is 0 Å². The SMILES string of the molecule is CCCCC1(CCCC)CN(c2ccccc2)c2cc(SC)c(OCC(=O)NC(C(=O)NC(C(=O)O)C(C)C)c3ccc(O)cc3)cc2S(=O)(=O)C1. The molecule has 3 aromatic carbocycles. The number of unbranched alkanes of at least 4 members (excludes halogenated alkanes) is 2. The minimum atomic E-state index is -3.82. The zero-order valence-electron chi connectivity index (χ0n) is 30.6. The van der Waals surface area contributed by atoms with Gasteiger partial charge in [-0.05, 0) is 60.9 Å². The summed E-state index contributed by atoms with van der Waals surface area (Å²) in [5, 5.41) is 24.6. The first-order valence-corrected chi connectivity index (χ1v) is 20.6. The predicted octanol–water partition coefficient (Wildman–Crippen LogP) is 6.87. The van der Waals surface area contributed by atoms with Gasteiger partial charge in [0.25, 0.3) is 5.91 Å². The van der Waals surface area contributed by atoms with E-state index in [0.29, 0.717) is 22.7 Å². The molecule has 282 valence electrons. The van der Waals surface area contributed by atoms with E-state index in [9.17, 15) is 33.0 Å². The van der Waals surface area contributed by atoms with Crippen LogP contribution in [0, 0.1) is 11.3 Å². The Morgan fingerprint density at radius 3 is 2.15 bits per heavy atom. The van der Waals surface area contributed by atoms with E-state index >= 15 is 0 Å². The Bertz CT molecular complexity index is 1790. The maximum atomic E-state index is 14.4. The van der Waals surface area contributed by atoms with Crippen LogP contribution in [0.5, 0.6) is 11.5 Å². The number of carboxylic acids is 1. The Labute approximate surface area is 311 Å². The summed E-state index contributed by atoms with van der Waals surface area (Å²) in [4.78, 5) is 41.5. The molecule has 0 radical (unpaired) electrons. The Morgan fingerprint density at radius 1 is 0.962 bits per heavy atom. The van der Waals surface area contributed by atoms with Crippen LogP contribution in [-0.4, -0.2) is 67.6 Å². The normalized spacial score (nSPS) is 15.9. The molecule has 2 amide bonds. The molecule has 1 aliphatic heterocycles. The highest BCUT2D eigenvalue weighted by atomic mass is 32.2. The van der Waals surface area contributed by atoms with Crippen molar-refractivity contribution in [3.8, 4) is 11.5 Å². The second kappa shape index (κ2) is 18.0. The molecule has 0 spiro atoms. The summed E-state index contributed by atoms with van der Waals surface area (Å²) < 4.78 is 34.9. The number of hydrogen-bond donors (Lipinski definition) is 4. The molecular formula is C39H51N3O8S2. The maximum absolute atomic E-state index is 14.4. The van der Waals surface area contributed by atoms with E-state index in [1.165, 1.54) is 42.1 Å². The summed E-state index contributed by atoms with van der Waals surface area (Å²) in [5.74, 6) is -2.95. The van der Waals surface area contributed by atoms with Gasteiger partial charge in [-0.2, -0.15) is 0 Å². The van der Waals surface area contributed by atoms with Gasteiger partial charge in [0.1, 0.15) is 23.6 Å². The van der Waals surface area contributed by atoms with Crippen LogP contribution in [0.3, 0.4) is 0 Å². The molecule has 13 heteroatoms. The fourth-order valence-electron chi connectivity index (χ4n) is 6.64. The first-order valence-electron chi connectivity index (χ1n) is 17.8. The van der Waals surface area contributed by atoms with Gasteiger partial charge in [-0.1, -0.05) is 83.7 Å². The summed E-state index contributed by atoms with van der Waals surface area (Å²) >= 11 is 1.36. The van der Waals surface area contributed by atoms with Gasteiger partial charge in [0.05, 0.1) is 21.2 Å². The molecule has 2 unspecified atom stereocenters. The second-order valence-corrected chi connectivity index (χ2v) is 16.6. The number of aromatic hydroxyl groups is 1. The van der Waals surface area contributed by atoms with Crippen LogP contribution < -0.4 is 20.3 Å². The highest BCUT2D eigenvalue weighted by Crippen LogP contribution is 2.47. The average Bonchev–Trinajstić information content (AvgIpc) is 3.21. The minimum absolute atomic E-state index is 0.00793. The van der Waals surface area contributed by atoms with E-state index in [1.807, 2.05) is 42.7 Å². The molecule has 2 atom stereocenters. The zero-order chi connectivity index (χ0) is 38.1. The number of hydrogen-bond acceptors (Lipinski definition) is 9. The van der Waals surface area contributed by atoms with Crippen LogP contribution in [0.4, 0.5) is 11.4 Å². The molecule has 0 bridgehead atoms. The number of thioether (sulfide) groups is 1. The molecule has 4 rings (SSSR count). The Hall–Kier alpha value is -4.23. The van der Waals surface area contributed by atoms with Gasteiger partial charge in [-0.15, -0.1) is 11.8 Å². The summed E-state index contributed by atoms with van der Waals surface area (Å²) in [6.45, 7) is 7.52. The van der Waals surface area contributed by atoms with Crippen molar-refractivity contribution in [3.63, 3.8) is 0 Å². The van der Waals surface area contributed by atoms with Crippen LogP contribution in [0.25, 0.3) is 0 Å². The van der Waals surface area contributed by atoms with Crippen LogP contribution in [0.2, 0.25) is 0 Å². The molecule has 0 aromatic heterocycles. The Morgan fingerprint density at radius 2 is 1.60 bits per heavy atom. The van der Waals surface area contributed by atoms with Crippen LogP contribution in [0.1, 0.15) is 77.8 Å². The van der Waals surface area contributed by atoms with Gasteiger partial charge in [0, 0.05) is 23.7 Å². The lowest BCUT2D eigenvalue weighted by Gasteiger charge is -2.37. The fraction of sp³-hybridized carbons (Fsp3) is 0.462. The molecule has 0 fully saturated rings. The van der Waals surface area contributed by atoms with Gasteiger partial charge in [-0.3, -0.25) is 9.59 Å². The number of para-hydroxylation sites is 1. The number of nitrogens with zero attached hydrogens (tertiary/aromatic N) is 1. The maximum Gasteiger partial charge on any atom is 0.326 e. The van der Waals surface area contributed by atoms with Gasteiger partial charge in [-0.25, -0.2) is 13.2 Å². The van der Waals surface area contributed by atoms with Crippen LogP contribution in [-0.2, 0) is 24.2 Å². The van der Waals surface area contributed by atoms with Crippen molar-refractivity contribution in [2.24, 2.45) is 11.3 Å². The molecule has 4 N–H and O–H groups in total. The van der Waals surface area contributed by atoms with E-state index < -0.39 is 57.6 Å². The largest absolute Gasteiger partial charge is 0.508 e. The number of phenolic OH excluding ortho intramolecular Hbond substituents is 1. The number of aliphatic carboxylic acids is 1. The van der Waals surface area contributed by atoms with Crippen molar-refractivity contribution in [3.05, 3.63) is 72.3 Å². The second-order valence-electron chi connectivity index (χ2n) is 13.8. The summed E-state index contributed by atoms with van der Waals surface area (Å²) in [6.07, 6.45) is 7.13. The molecule has 52 heavy (non-hydrogen) atoms. The lowest BCUT2D eigenvalue weighted by atomic mass is 9.79. The van der Waals surface area contributed by atoms with Crippen molar-refractivity contribution in [1.82, 2.24) is 10.6 Å². The number of carbonyl (C=O) groups excluding carboxylic acids is 2. The number of fused-ring (bicyclic) bond motifs is 1. The Balaban J connectivity index is 1.69. The molecular weight excluding hydrogens is 703 g/mol. The van der Waals surface area contributed by atoms with E-state index in [0.717, 1.165) is 44.2 Å². The average molecular weight is 754 g/mol. The predicted molar refractivity (Wildman–Crippen MR) is 204 cm³/mol. The highest BCUT2D eigenvalue weighted by Gasteiger charge is 2.42. The molecule has 3 aromatic rings. The first-order chi connectivity index (χ1) is 24.7. The summed E-state index contributed by atoms with van der Waals surface area (Å²) in [5.41, 5.74) is 1.29. The number of phenols is 1. The lowest BCUT2D eigenvalue weighted by Crippen LogP contribution is -2.49. The third-order valence-electron chi connectivity index (χ3n) is 9.43. The number of rotatable bonds is 17. The van der Waals surface area contributed by atoms with Crippen molar-refractivity contribution < 1.29 is 37.8 Å². The smallest absolute Gasteiger partial charge is 0.326 e. The fourth-order valence-corrected chi connectivity index (χ4v) is 9.31. The molecule has 1 aliphatic rings. The van der Waals surface area contributed by atoms with E-state index in [2.05, 4.69) is 29.4 Å². The topological polar surface area (TPSA) is 162 Å². The monoisotopic (exact) mass is 753 g/mol. The van der Waals surface area contributed by atoms with Gasteiger partial charge >= 0.3 is 5.97 Å². The Kier molecular flexibility index (Phi) is 14.0. The van der Waals surface area contributed by atoms with Crippen molar-refractivity contribution in [2.45, 2.75) is 88.1 Å². The molecule has 0 saturated heterocycles. The molecule has 0 saturated carbocycles. The first kappa shape index (κ1) is 40.5. The molecule has 0 aliphatic carbocycles. The van der Waals surface area contributed by atoms with E-state index in [1.54, 1.807) is 13.8 Å². The standard InChI is InChI=1S/C39H51N3O8S2/c1-6-8-19-39(20-9-7-2)24-42(28-13-11-10-12-14-28)30-21-32(51-5)31(22-33(30)52(48,49)25-39)50-23-34(44)40-36(27-15-17-29(43)18-16-27)37(45)41-35(26(3)4)38(46)47/h10-18,21-22,26,35-36,43H,6-9,19-20,23-25H2,1-5H3,(H,40,44)(H,41,45)(H,46,47). The van der Waals surface area contributed by atoms with Gasteiger partial charge in [0.15, 0.2) is 16.4 Å². The third-order valence-corrected chi connectivity index (χ3v) is 12.2. The number of amides is 2. The number of nitrogens with one attached hydrogen (secondary N) is 2. The number of sulfone groups is 1. The minimum Gasteiger partial charge on any atom is -0.508 e. The molecule has 1 heterocycles. The summed E-state index contributed by atoms with van der Waals surface area (Å²) in [6, 6.07) is 16.2. The number of carbonyl (C=O) groups is 3. The van der Waals surface area contributed by atoms with Gasteiger partial charge < -0.3 is 30.5 Å². The lowest BCUT2D eigenvalue weighted by molar-refractivity contribution is -0.143. The third kappa shape index (κ3) is 10.0. The van der Waals surface area contributed by atoms with Crippen molar-refractivity contribution in [2.75, 3.05) is 30.1 Å². The van der Waals surface area contributed by atoms with Gasteiger partial charge in [0.2, 0.25) is 5.91 Å². The number of ether oxygens (including phenoxy) is 1. The van der Waals surface area contributed by atoms with Crippen molar-refractivity contribution >= 4 is 50.8 Å². The van der Waals surface area contributed by atoms with Crippen LogP contribution >= 0.6 is 11.8 Å². The number of benzene rings is 3. The van der Waals surface area contributed by atoms with E-state index in [4.69, 9.17) is 4.74 Å². The van der Waals surface area contributed by atoms with E-state index in [-0.39, 0.29) is 22.1 Å².